The Morgan fingerprint density at radius 2 is 1.80 bits per heavy atom. The minimum absolute atomic E-state index is 0.0239. The number of carbonyl (C=O) groups is 4. The lowest BCUT2D eigenvalue weighted by molar-refractivity contribution is -0.148. The fraction of sp³-hybridized carbons (Fsp3) is 0.810. The normalized spacial score (nSPS) is 36.6. The van der Waals surface area contributed by atoms with Gasteiger partial charge in [0, 0.05) is 25.2 Å². The number of hydrogen-bond acceptors (Lipinski definition) is 8. The van der Waals surface area contributed by atoms with E-state index in [9.17, 15) is 24.3 Å². The van der Waals surface area contributed by atoms with Crippen LogP contribution in [0.2, 0.25) is 0 Å². The van der Waals surface area contributed by atoms with Gasteiger partial charge in [0.1, 0.15) is 29.9 Å². The van der Waals surface area contributed by atoms with Crippen molar-refractivity contribution in [2.75, 3.05) is 25.6 Å². The lowest BCUT2D eigenvalue weighted by Gasteiger charge is -2.61. The molecule has 2 aliphatic heterocycles. The van der Waals surface area contributed by atoms with E-state index < -0.39 is 24.2 Å². The lowest BCUT2D eigenvalue weighted by atomic mass is 9.44. The van der Waals surface area contributed by atoms with Crippen LogP contribution in [0.3, 0.4) is 0 Å². The average molecular weight is 769 g/mol. The number of rotatable bonds is 14. The van der Waals surface area contributed by atoms with Crippen LogP contribution in [0.1, 0.15) is 118 Å². The number of hydrogen-bond donors (Lipinski definition) is 4. The van der Waals surface area contributed by atoms with Crippen molar-refractivity contribution in [3.8, 4) is 12.3 Å². The number of amides is 4. The number of terminal acetylenes is 1. The summed E-state index contributed by atoms with van der Waals surface area (Å²) in [6.07, 6.45) is 16.6. The minimum atomic E-state index is -0.897. The molecule has 54 heavy (non-hydrogen) atoms. The zero-order valence-corrected chi connectivity index (χ0v) is 33.9. The van der Waals surface area contributed by atoms with Gasteiger partial charge >= 0.3 is 6.09 Å². The zero-order valence-electron chi connectivity index (χ0n) is 33.1. The van der Waals surface area contributed by atoms with Gasteiger partial charge < -0.3 is 30.5 Å². The number of fused-ring (bicyclic) bond motifs is 6. The number of nitrogens with zero attached hydrogens (tertiary/aromatic N) is 1. The van der Waals surface area contributed by atoms with Crippen LogP contribution in [-0.4, -0.2) is 83.1 Å². The second-order valence-corrected chi connectivity index (χ2v) is 18.8. The molecule has 11 nitrogen and oxygen atoms in total. The number of nitrogens with one attached hydrogen (secondary N) is 3. The standard InChI is InChI=1S/C42H64N4O7S/c1-7-9-33(44-40(51)53-22-21-52-20-8-2)43-37(49)36-26(4)24-54-39-35(38(50)46(36)39)45-34(48)15-10-25(3)30-13-14-31-29-12-11-27-23-28(47)16-18-41(27,5)32(29)17-19-42(30,31)6/h1,25,27-33,35,39,47H,8-24H2,2-6H3,(H,43,49)(H,44,51)(H,45,48). The predicted octanol–water partition coefficient (Wildman–Crippen LogP) is 5.71. The molecule has 0 aromatic heterocycles. The van der Waals surface area contributed by atoms with E-state index in [1.54, 1.807) is 6.92 Å². The molecule has 4 amide bonds. The molecule has 5 fully saturated rings. The van der Waals surface area contributed by atoms with Gasteiger partial charge in [-0.3, -0.25) is 19.3 Å². The fourth-order valence-corrected chi connectivity index (χ4v) is 13.2. The van der Waals surface area contributed by atoms with Crippen LogP contribution in [0.4, 0.5) is 4.79 Å². The minimum Gasteiger partial charge on any atom is -0.447 e. The van der Waals surface area contributed by atoms with Crippen molar-refractivity contribution in [3.63, 3.8) is 0 Å². The van der Waals surface area contributed by atoms with Gasteiger partial charge in [0.15, 0.2) is 0 Å². The van der Waals surface area contributed by atoms with E-state index in [0.717, 1.165) is 49.0 Å². The molecule has 0 bridgehead atoms. The van der Waals surface area contributed by atoms with Crippen LogP contribution in [-0.2, 0) is 23.9 Å². The van der Waals surface area contributed by atoms with Crippen molar-refractivity contribution < 1.29 is 33.8 Å². The summed E-state index contributed by atoms with van der Waals surface area (Å²) >= 11 is 1.53. The molecule has 2 heterocycles. The van der Waals surface area contributed by atoms with Crippen LogP contribution in [0.5, 0.6) is 0 Å². The highest BCUT2D eigenvalue weighted by Crippen LogP contribution is 2.68. The van der Waals surface area contributed by atoms with Crippen LogP contribution in [0, 0.1) is 58.7 Å². The summed E-state index contributed by atoms with van der Waals surface area (Å²) in [6, 6.07) is -0.695. The summed E-state index contributed by atoms with van der Waals surface area (Å²) in [5.41, 5.74) is 1.64. The molecule has 4 aliphatic carbocycles. The predicted molar refractivity (Wildman–Crippen MR) is 208 cm³/mol. The number of ether oxygens (including phenoxy) is 2. The quantitative estimate of drug-likeness (QED) is 0.0761. The molecule has 1 saturated heterocycles. The van der Waals surface area contributed by atoms with Gasteiger partial charge in [-0.2, -0.15) is 0 Å². The maximum Gasteiger partial charge on any atom is 0.408 e. The summed E-state index contributed by atoms with van der Waals surface area (Å²) in [7, 11) is 0. The van der Waals surface area contributed by atoms with Crippen molar-refractivity contribution in [1.82, 2.24) is 20.9 Å². The monoisotopic (exact) mass is 768 g/mol. The Hall–Kier alpha value is -2.75. The molecule has 6 aliphatic rings. The molecule has 0 aromatic carbocycles. The number of aliphatic hydroxyl groups excluding tert-OH is 1. The Morgan fingerprint density at radius 3 is 2.56 bits per heavy atom. The van der Waals surface area contributed by atoms with Gasteiger partial charge in [-0.05, 0) is 129 Å². The first-order valence-electron chi connectivity index (χ1n) is 20.7. The Kier molecular flexibility index (Phi) is 13.0. The van der Waals surface area contributed by atoms with Crippen LogP contribution in [0.25, 0.3) is 0 Å². The van der Waals surface area contributed by atoms with E-state index in [2.05, 4.69) is 42.6 Å². The first-order valence-corrected chi connectivity index (χ1v) is 21.7. The molecule has 0 aromatic rings. The summed E-state index contributed by atoms with van der Waals surface area (Å²) in [4.78, 5) is 54.2. The number of carbonyl (C=O) groups excluding carboxylic acids is 4. The molecule has 0 spiro atoms. The Balaban J connectivity index is 0.985. The highest BCUT2D eigenvalue weighted by atomic mass is 32.2. The second-order valence-electron chi connectivity index (χ2n) is 17.7. The third-order valence-corrected chi connectivity index (χ3v) is 16.1. The van der Waals surface area contributed by atoms with E-state index in [1.807, 2.05) is 6.92 Å². The summed E-state index contributed by atoms with van der Waals surface area (Å²) in [5.74, 6) is 5.99. The molecule has 0 radical (unpaired) electrons. The molecule has 12 unspecified atom stereocenters. The van der Waals surface area contributed by atoms with E-state index >= 15 is 0 Å². The maximum absolute atomic E-state index is 13.5. The zero-order chi connectivity index (χ0) is 38.8. The second kappa shape index (κ2) is 17.2. The van der Waals surface area contributed by atoms with Crippen molar-refractivity contribution in [3.05, 3.63) is 11.3 Å². The van der Waals surface area contributed by atoms with Gasteiger partial charge in [-0.25, -0.2) is 4.79 Å². The highest BCUT2D eigenvalue weighted by Gasteiger charge is 2.60. The van der Waals surface area contributed by atoms with Crippen molar-refractivity contribution >= 4 is 35.6 Å². The van der Waals surface area contributed by atoms with E-state index in [4.69, 9.17) is 15.9 Å². The SMILES string of the molecule is C#CCC(NC(=O)OCCOCCC)NC(=O)C1=C(C)CSC2C(NC(=O)CCC(C)C3CCC4C5CCC6CC(O)CCC6(C)C5CCC34C)C(=O)N12. The smallest absolute Gasteiger partial charge is 0.408 e. The molecule has 4 N–H and O–H groups in total. The first kappa shape index (κ1) is 40.9. The third-order valence-electron chi connectivity index (χ3n) is 14.6. The van der Waals surface area contributed by atoms with Gasteiger partial charge in [0.05, 0.1) is 12.7 Å². The molecule has 6 rings (SSSR count). The van der Waals surface area contributed by atoms with Crippen molar-refractivity contribution in [1.29, 1.82) is 0 Å². The van der Waals surface area contributed by atoms with Crippen LogP contribution < -0.4 is 16.0 Å². The van der Waals surface area contributed by atoms with Gasteiger partial charge in [-0.1, -0.05) is 27.7 Å². The summed E-state index contributed by atoms with van der Waals surface area (Å²) in [5, 5.41) is 18.4. The molecule has 4 saturated carbocycles. The summed E-state index contributed by atoms with van der Waals surface area (Å²) < 4.78 is 10.5. The number of thioether (sulfide) groups is 1. The Labute approximate surface area is 326 Å². The Morgan fingerprint density at radius 1 is 1.04 bits per heavy atom. The van der Waals surface area contributed by atoms with Gasteiger partial charge in [0.25, 0.3) is 11.8 Å². The third kappa shape index (κ3) is 8.06. The van der Waals surface area contributed by atoms with Gasteiger partial charge in [-0.15, -0.1) is 24.1 Å². The van der Waals surface area contributed by atoms with Crippen molar-refractivity contribution in [2.24, 2.45) is 46.3 Å². The molecule has 12 heteroatoms. The van der Waals surface area contributed by atoms with Crippen LogP contribution in [0.15, 0.2) is 11.3 Å². The highest BCUT2D eigenvalue weighted by molar-refractivity contribution is 8.00. The Bertz CT molecular complexity index is 1500. The number of aliphatic hydroxyl groups is 1. The lowest BCUT2D eigenvalue weighted by Crippen LogP contribution is -2.71. The molecule has 12 atom stereocenters. The number of β-lactam (4-membered cyclic amide) rings is 1. The van der Waals surface area contributed by atoms with Gasteiger partial charge in [0.2, 0.25) is 5.91 Å². The van der Waals surface area contributed by atoms with Crippen molar-refractivity contribution in [2.45, 2.75) is 142 Å². The largest absolute Gasteiger partial charge is 0.447 e. The molecular weight excluding hydrogens is 705 g/mol. The maximum atomic E-state index is 13.5. The average Bonchev–Trinajstić information content (AvgIpc) is 3.50. The number of alkyl carbamates (subject to hydrolysis) is 1. The summed E-state index contributed by atoms with van der Waals surface area (Å²) in [6.45, 7) is 12.1. The van der Waals surface area contributed by atoms with Crippen LogP contribution >= 0.6 is 11.8 Å². The van der Waals surface area contributed by atoms with E-state index in [-0.39, 0.29) is 48.6 Å². The molecular formula is C42H64N4O7S. The topological polar surface area (TPSA) is 146 Å². The fourth-order valence-electron chi connectivity index (χ4n) is 11.9. The molecule has 300 valence electrons. The van der Waals surface area contributed by atoms with E-state index in [0.29, 0.717) is 47.4 Å². The first-order chi connectivity index (χ1) is 25.8. The van der Waals surface area contributed by atoms with E-state index in [1.165, 1.54) is 61.6 Å².